The summed E-state index contributed by atoms with van der Waals surface area (Å²) in [4.78, 5) is 0. The van der Waals surface area contributed by atoms with Gasteiger partial charge in [-0.05, 0) is 102 Å². The Balaban J connectivity index is 1.07. The number of rotatable bonds is 4. The lowest BCUT2D eigenvalue weighted by Crippen LogP contribution is -2.30. The van der Waals surface area contributed by atoms with Gasteiger partial charge in [0, 0.05) is 48.9 Å². The standard InChI is InChI=1S/C48H32N2O/c1-2-11-31(12-3-1)32-13-10-14-35(27-32)49-43-18-7-4-15-37(43)40-28-33(21-24-45(40)49)34-22-25-46-41(29-34)38-16-5-8-19-44(38)50(46)36-23-26-48-42(30-36)39-17-6-9-20-47(39)51-48/h1-4,6-7,9-30H,5,8H2. The molecule has 1 aliphatic carbocycles. The highest BCUT2D eigenvalue weighted by atomic mass is 16.3. The molecule has 0 amide bonds. The van der Waals surface area contributed by atoms with Gasteiger partial charge in [0.1, 0.15) is 11.2 Å². The smallest absolute Gasteiger partial charge is 0.135 e. The molecule has 51 heavy (non-hydrogen) atoms. The number of furan rings is 1. The molecule has 0 fully saturated rings. The van der Waals surface area contributed by atoms with Gasteiger partial charge in [-0.2, -0.15) is 0 Å². The SMILES string of the molecule is C1=c2c(n(-c3ccc4oc5ccccc5c4c3)c3ccc(-c4ccc5c(c4)c4ccccc4n5-c4cccc(-c5ccccc5)c4)cc23)=CCC1. The summed E-state index contributed by atoms with van der Waals surface area (Å²) >= 11 is 0. The summed E-state index contributed by atoms with van der Waals surface area (Å²) in [5, 5.41) is 8.70. The number of aromatic nitrogens is 2. The van der Waals surface area contributed by atoms with Crippen LogP contribution in [0, 0.1) is 0 Å². The Bertz CT molecular complexity index is 3140. The second-order valence-electron chi connectivity index (χ2n) is 13.6. The van der Waals surface area contributed by atoms with Crippen LogP contribution in [-0.2, 0) is 0 Å². The Hall–Kier alpha value is -6.58. The number of benzene rings is 7. The maximum atomic E-state index is 6.17. The predicted octanol–water partition coefficient (Wildman–Crippen LogP) is 11.3. The summed E-state index contributed by atoms with van der Waals surface area (Å²) < 4.78 is 11.0. The maximum Gasteiger partial charge on any atom is 0.135 e. The zero-order valence-electron chi connectivity index (χ0n) is 27.9. The summed E-state index contributed by atoms with van der Waals surface area (Å²) in [5.41, 5.74) is 12.7. The number of para-hydroxylation sites is 2. The second kappa shape index (κ2) is 11.0. The van der Waals surface area contributed by atoms with Gasteiger partial charge in [0.25, 0.3) is 0 Å². The summed E-state index contributed by atoms with van der Waals surface area (Å²) in [6.45, 7) is 0. The third kappa shape index (κ3) is 4.31. The Labute approximate surface area is 294 Å². The van der Waals surface area contributed by atoms with E-state index < -0.39 is 0 Å². The van der Waals surface area contributed by atoms with Crippen molar-refractivity contribution in [3.05, 3.63) is 168 Å². The fraction of sp³-hybridized carbons (Fsp3) is 0.0417. The third-order valence-electron chi connectivity index (χ3n) is 10.7. The lowest BCUT2D eigenvalue weighted by atomic mass is 10.0. The lowest BCUT2D eigenvalue weighted by molar-refractivity contribution is 0.669. The molecule has 3 heteroatoms. The quantitative estimate of drug-likeness (QED) is 0.186. The first-order valence-corrected chi connectivity index (χ1v) is 17.7. The molecule has 240 valence electrons. The Morgan fingerprint density at radius 3 is 1.90 bits per heavy atom. The van der Waals surface area contributed by atoms with Crippen molar-refractivity contribution < 1.29 is 4.42 Å². The molecule has 0 aliphatic heterocycles. The lowest BCUT2D eigenvalue weighted by Gasteiger charge is -2.11. The van der Waals surface area contributed by atoms with Gasteiger partial charge in [0.05, 0.1) is 16.6 Å². The molecule has 0 saturated heterocycles. The highest BCUT2D eigenvalue weighted by molar-refractivity contribution is 6.11. The molecule has 0 saturated carbocycles. The minimum atomic E-state index is 0.920. The molecule has 0 atom stereocenters. The van der Waals surface area contributed by atoms with Crippen molar-refractivity contribution in [2.45, 2.75) is 12.8 Å². The molecule has 0 spiro atoms. The number of nitrogens with zero attached hydrogens (tertiary/aromatic N) is 2. The molecule has 0 bridgehead atoms. The minimum absolute atomic E-state index is 0.920. The monoisotopic (exact) mass is 652 g/mol. The first kappa shape index (κ1) is 28.3. The zero-order valence-corrected chi connectivity index (χ0v) is 27.9. The van der Waals surface area contributed by atoms with Crippen LogP contribution in [0.25, 0.3) is 100 Å². The molecule has 0 unspecified atom stereocenters. The second-order valence-corrected chi connectivity index (χ2v) is 13.6. The van der Waals surface area contributed by atoms with Crippen LogP contribution in [0.2, 0.25) is 0 Å². The van der Waals surface area contributed by atoms with Gasteiger partial charge in [0.2, 0.25) is 0 Å². The van der Waals surface area contributed by atoms with Gasteiger partial charge in [-0.1, -0.05) is 103 Å². The maximum absolute atomic E-state index is 6.17. The molecule has 0 N–H and O–H groups in total. The fourth-order valence-corrected chi connectivity index (χ4v) is 8.40. The average molecular weight is 653 g/mol. The molecule has 3 heterocycles. The molecule has 3 aromatic heterocycles. The summed E-state index contributed by atoms with van der Waals surface area (Å²) in [7, 11) is 0. The minimum Gasteiger partial charge on any atom is -0.456 e. The van der Waals surface area contributed by atoms with Gasteiger partial charge in [0.15, 0.2) is 0 Å². The van der Waals surface area contributed by atoms with E-state index in [9.17, 15) is 0 Å². The average Bonchev–Trinajstić information content (AvgIpc) is 3.85. The molecule has 1 aliphatic rings. The fourth-order valence-electron chi connectivity index (χ4n) is 8.40. The summed E-state index contributed by atoms with van der Waals surface area (Å²) in [6.07, 6.45) is 6.92. The molecular weight excluding hydrogens is 621 g/mol. The Morgan fingerprint density at radius 2 is 1.02 bits per heavy atom. The van der Waals surface area contributed by atoms with E-state index in [2.05, 4.69) is 167 Å². The van der Waals surface area contributed by atoms with Crippen LogP contribution >= 0.6 is 0 Å². The first-order valence-electron chi connectivity index (χ1n) is 17.7. The van der Waals surface area contributed by atoms with Crippen molar-refractivity contribution in [1.82, 2.24) is 9.13 Å². The van der Waals surface area contributed by atoms with E-state index in [0.29, 0.717) is 0 Å². The van der Waals surface area contributed by atoms with Crippen molar-refractivity contribution in [2.24, 2.45) is 0 Å². The van der Waals surface area contributed by atoms with Crippen LogP contribution in [0.3, 0.4) is 0 Å². The first-order chi connectivity index (χ1) is 25.3. The van der Waals surface area contributed by atoms with E-state index in [1.807, 2.05) is 12.1 Å². The third-order valence-corrected chi connectivity index (χ3v) is 10.7. The molecule has 10 aromatic rings. The van der Waals surface area contributed by atoms with Crippen molar-refractivity contribution in [1.29, 1.82) is 0 Å². The molecule has 11 rings (SSSR count). The van der Waals surface area contributed by atoms with Gasteiger partial charge < -0.3 is 13.6 Å². The molecular formula is C48H32N2O. The largest absolute Gasteiger partial charge is 0.456 e. The number of hydrogen-bond acceptors (Lipinski definition) is 1. The molecule has 0 radical (unpaired) electrons. The predicted molar refractivity (Wildman–Crippen MR) is 213 cm³/mol. The Kier molecular flexibility index (Phi) is 6.08. The van der Waals surface area contributed by atoms with Gasteiger partial charge >= 0.3 is 0 Å². The topological polar surface area (TPSA) is 23.0 Å². The van der Waals surface area contributed by atoms with E-state index in [0.717, 1.165) is 46.2 Å². The van der Waals surface area contributed by atoms with Crippen LogP contribution in [0.15, 0.2) is 162 Å². The molecule has 3 nitrogen and oxygen atoms in total. The summed E-state index contributed by atoms with van der Waals surface area (Å²) in [5.74, 6) is 0. The highest BCUT2D eigenvalue weighted by Gasteiger charge is 2.17. The van der Waals surface area contributed by atoms with Crippen molar-refractivity contribution in [3.8, 4) is 33.6 Å². The van der Waals surface area contributed by atoms with E-state index in [4.69, 9.17) is 4.42 Å². The van der Waals surface area contributed by atoms with E-state index in [1.165, 1.54) is 65.5 Å². The van der Waals surface area contributed by atoms with E-state index in [-0.39, 0.29) is 0 Å². The molecule has 7 aromatic carbocycles. The van der Waals surface area contributed by atoms with E-state index in [1.54, 1.807) is 0 Å². The van der Waals surface area contributed by atoms with Crippen molar-refractivity contribution in [3.63, 3.8) is 0 Å². The van der Waals surface area contributed by atoms with Crippen LogP contribution in [-0.4, -0.2) is 9.13 Å². The number of hydrogen-bond donors (Lipinski definition) is 0. The van der Waals surface area contributed by atoms with Gasteiger partial charge in [-0.3, -0.25) is 0 Å². The van der Waals surface area contributed by atoms with Crippen molar-refractivity contribution >= 4 is 66.8 Å². The van der Waals surface area contributed by atoms with E-state index >= 15 is 0 Å². The van der Waals surface area contributed by atoms with Crippen LogP contribution in [0.4, 0.5) is 0 Å². The van der Waals surface area contributed by atoms with Crippen molar-refractivity contribution in [2.75, 3.05) is 0 Å². The summed E-state index contributed by atoms with van der Waals surface area (Å²) in [6, 6.07) is 57.2. The van der Waals surface area contributed by atoms with Gasteiger partial charge in [-0.25, -0.2) is 0 Å². The normalized spacial score (nSPS) is 12.9. The van der Waals surface area contributed by atoms with Gasteiger partial charge in [-0.15, -0.1) is 0 Å². The Morgan fingerprint density at radius 1 is 0.373 bits per heavy atom. The van der Waals surface area contributed by atoms with Crippen LogP contribution in [0.5, 0.6) is 0 Å². The number of fused-ring (bicyclic) bond motifs is 9. The van der Waals surface area contributed by atoms with Crippen LogP contribution in [0.1, 0.15) is 12.8 Å². The zero-order chi connectivity index (χ0) is 33.5. The van der Waals surface area contributed by atoms with Crippen LogP contribution < -0.4 is 10.6 Å². The highest BCUT2D eigenvalue weighted by Crippen LogP contribution is 2.37.